The van der Waals surface area contributed by atoms with Gasteiger partial charge in [0, 0.05) is 22.1 Å². The Balaban J connectivity index is 0.00000784. The normalized spacial score (nSPS) is 11.7. The Kier molecular flexibility index (Phi) is 18.3. The number of aliphatic carboxylic acids is 1. The summed E-state index contributed by atoms with van der Waals surface area (Å²) in [6.45, 7) is 4.37. The number of hydrogen-bond donors (Lipinski definition) is 0. The van der Waals surface area contributed by atoms with Crippen LogP contribution in [0.1, 0.15) is 108 Å². The first-order valence-corrected chi connectivity index (χ1v) is 12.0. The van der Waals surface area contributed by atoms with E-state index < -0.39 is 11.2 Å². The van der Waals surface area contributed by atoms with Crippen molar-refractivity contribution < 1.29 is 44.3 Å². The summed E-state index contributed by atoms with van der Waals surface area (Å²) in [6, 6.07) is 7.39. The van der Waals surface area contributed by atoms with Crippen molar-refractivity contribution in [1.29, 1.82) is 0 Å². The zero-order chi connectivity index (χ0) is 20.6. The molecule has 3 nitrogen and oxygen atoms in total. The second-order valence-electron chi connectivity index (χ2n) is 7.59. The molecule has 1 unspecified atom stereocenters. The van der Waals surface area contributed by atoms with Crippen LogP contribution in [0.5, 0.6) is 0 Å². The van der Waals surface area contributed by atoms with Crippen molar-refractivity contribution in [1.82, 2.24) is 0 Å². The molecule has 1 atom stereocenters. The third-order valence-electron chi connectivity index (χ3n) is 5.04. The zero-order valence-electron chi connectivity index (χ0n) is 18.7. The molecule has 0 amide bonds. The monoisotopic (exact) mass is 428 g/mol. The summed E-state index contributed by atoms with van der Waals surface area (Å²) >= 11 is 1.34. The molecular formula is C24H37NaO3S. The number of carboxylic acid groups (broad SMARTS) is 1. The van der Waals surface area contributed by atoms with Gasteiger partial charge >= 0.3 is 29.6 Å². The van der Waals surface area contributed by atoms with Gasteiger partial charge in [-0.25, -0.2) is 0 Å². The van der Waals surface area contributed by atoms with Gasteiger partial charge in [0.2, 0.25) is 0 Å². The van der Waals surface area contributed by atoms with Crippen molar-refractivity contribution in [2.75, 3.05) is 0 Å². The van der Waals surface area contributed by atoms with Crippen LogP contribution in [0.2, 0.25) is 0 Å². The SMILES string of the molecule is CCCCCCCCC(Sc1ccc(C(=O)CCCCCCC)cc1)C(=O)[O-].[Na+]. The summed E-state index contributed by atoms with van der Waals surface area (Å²) in [4.78, 5) is 24.6. The maximum absolute atomic E-state index is 12.3. The van der Waals surface area contributed by atoms with Crippen LogP contribution in [0.25, 0.3) is 0 Å². The van der Waals surface area contributed by atoms with Gasteiger partial charge < -0.3 is 9.90 Å². The van der Waals surface area contributed by atoms with Gasteiger partial charge in [-0.2, -0.15) is 0 Å². The Morgan fingerprint density at radius 3 is 1.90 bits per heavy atom. The van der Waals surface area contributed by atoms with Crippen molar-refractivity contribution in [2.24, 2.45) is 0 Å². The summed E-state index contributed by atoms with van der Waals surface area (Å²) in [5, 5.41) is 10.9. The van der Waals surface area contributed by atoms with Crippen LogP contribution in [-0.2, 0) is 4.79 Å². The van der Waals surface area contributed by atoms with Crippen LogP contribution in [0, 0.1) is 0 Å². The molecule has 0 aromatic heterocycles. The molecule has 1 aromatic rings. The van der Waals surface area contributed by atoms with Crippen molar-refractivity contribution in [2.45, 2.75) is 107 Å². The van der Waals surface area contributed by atoms with Gasteiger partial charge in [0.05, 0.1) is 5.97 Å². The van der Waals surface area contributed by atoms with E-state index in [0.717, 1.165) is 36.1 Å². The van der Waals surface area contributed by atoms with E-state index in [0.29, 0.717) is 12.8 Å². The molecule has 29 heavy (non-hydrogen) atoms. The number of thioether (sulfide) groups is 1. The van der Waals surface area contributed by atoms with Gasteiger partial charge in [0.1, 0.15) is 0 Å². The van der Waals surface area contributed by atoms with Crippen LogP contribution in [0.15, 0.2) is 29.2 Å². The Morgan fingerprint density at radius 2 is 1.34 bits per heavy atom. The van der Waals surface area contributed by atoms with E-state index in [-0.39, 0.29) is 35.3 Å². The second kappa shape index (κ2) is 18.5. The van der Waals surface area contributed by atoms with Gasteiger partial charge in [-0.3, -0.25) is 4.79 Å². The molecule has 0 aliphatic carbocycles. The molecule has 0 radical (unpaired) electrons. The number of unbranched alkanes of at least 4 members (excludes halogenated alkanes) is 9. The average molecular weight is 429 g/mol. The van der Waals surface area contributed by atoms with Crippen molar-refractivity contribution >= 4 is 23.5 Å². The Labute approximate surface area is 204 Å². The van der Waals surface area contributed by atoms with Gasteiger partial charge in [-0.05, 0) is 25.0 Å². The first-order chi connectivity index (χ1) is 13.6. The van der Waals surface area contributed by atoms with Gasteiger partial charge in [-0.1, -0.05) is 90.2 Å². The first-order valence-electron chi connectivity index (χ1n) is 11.1. The molecule has 0 saturated heterocycles. The fraction of sp³-hybridized carbons (Fsp3) is 0.667. The Hall–Kier alpha value is -0.290. The van der Waals surface area contributed by atoms with Crippen molar-refractivity contribution in [3.8, 4) is 0 Å². The zero-order valence-corrected chi connectivity index (χ0v) is 21.5. The molecule has 0 N–H and O–H groups in total. The molecule has 5 heteroatoms. The number of ketones is 1. The molecule has 0 spiro atoms. The molecule has 0 aliphatic rings. The van der Waals surface area contributed by atoms with E-state index >= 15 is 0 Å². The van der Waals surface area contributed by atoms with E-state index in [9.17, 15) is 14.7 Å². The summed E-state index contributed by atoms with van der Waals surface area (Å²) in [5.74, 6) is -0.817. The number of carbonyl (C=O) groups excluding carboxylic acids is 2. The average Bonchev–Trinajstić information content (AvgIpc) is 2.69. The van der Waals surface area contributed by atoms with Crippen LogP contribution in [0.3, 0.4) is 0 Å². The number of carbonyl (C=O) groups is 2. The molecule has 1 rings (SSSR count). The molecule has 0 aliphatic heterocycles. The van der Waals surface area contributed by atoms with E-state index in [1.807, 2.05) is 24.3 Å². The van der Waals surface area contributed by atoms with E-state index in [2.05, 4.69) is 13.8 Å². The van der Waals surface area contributed by atoms with Gasteiger partial charge in [0.25, 0.3) is 0 Å². The van der Waals surface area contributed by atoms with Crippen LogP contribution >= 0.6 is 11.8 Å². The smallest absolute Gasteiger partial charge is 0.549 e. The number of Topliss-reactive ketones (excluding diaryl/α,β-unsaturated/α-hetero) is 1. The number of hydrogen-bond acceptors (Lipinski definition) is 4. The molecular weight excluding hydrogens is 391 g/mol. The molecule has 1 aromatic carbocycles. The van der Waals surface area contributed by atoms with E-state index in [4.69, 9.17) is 0 Å². The summed E-state index contributed by atoms with van der Waals surface area (Å²) in [5.41, 5.74) is 0.723. The minimum atomic E-state index is -0.995. The molecule has 0 bridgehead atoms. The van der Waals surface area contributed by atoms with Gasteiger partial charge in [-0.15, -0.1) is 11.8 Å². The number of benzene rings is 1. The van der Waals surface area contributed by atoms with E-state index in [1.165, 1.54) is 56.7 Å². The maximum Gasteiger partial charge on any atom is 1.00 e. The maximum atomic E-state index is 12.3. The minimum absolute atomic E-state index is 0. The number of carboxylic acids is 1. The molecule has 158 valence electrons. The quantitative estimate of drug-likeness (QED) is 0.165. The first kappa shape index (κ1) is 28.7. The van der Waals surface area contributed by atoms with E-state index in [1.54, 1.807) is 0 Å². The summed E-state index contributed by atoms with van der Waals surface area (Å²) in [7, 11) is 0. The van der Waals surface area contributed by atoms with Crippen LogP contribution < -0.4 is 34.7 Å². The van der Waals surface area contributed by atoms with Crippen molar-refractivity contribution in [3.63, 3.8) is 0 Å². The largest absolute Gasteiger partial charge is 1.00 e. The standard InChI is InChI=1S/C24H38O3S.Na/c1-3-5-7-9-11-13-15-23(24(26)27)28-21-18-16-20(17-19-21)22(25)14-12-10-8-6-4-2;/h16-19,23H,3-15H2,1-2H3,(H,26,27);/q;+1/p-1. The third-order valence-corrected chi connectivity index (χ3v) is 6.30. The summed E-state index contributed by atoms with van der Waals surface area (Å²) in [6.07, 6.45) is 13.8. The van der Waals surface area contributed by atoms with Crippen molar-refractivity contribution in [3.05, 3.63) is 29.8 Å². The molecule has 0 saturated carbocycles. The molecule has 0 fully saturated rings. The number of rotatable bonds is 17. The Morgan fingerprint density at radius 1 is 0.828 bits per heavy atom. The predicted molar refractivity (Wildman–Crippen MR) is 117 cm³/mol. The fourth-order valence-electron chi connectivity index (χ4n) is 3.25. The third kappa shape index (κ3) is 13.6. The topological polar surface area (TPSA) is 57.2 Å². The van der Waals surface area contributed by atoms with Gasteiger partial charge in [0.15, 0.2) is 5.78 Å². The predicted octanol–water partition coefficient (Wildman–Crippen LogP) is 3.20. The van der Waals surface area contributed by atoms with Crippen LogP contribution in [0.4, 0.5) is 0 Å². The minimum Gasteiger partial charge on any atom is -0.549 e. The van der Waals surface area contributed by atoms with Crippen LogP contribution in [-0.4, -0.2) is 17.0 Å². The summed E-state index contributed by atoms with van der Waals surface area (Å²) < 4.78 is 0. The Bertz CT molecular complexity index is 560. The second-order valence-corrected chi connectivity index (χ2v) is 8.87. The fourth-order valence-corrected chi connectivity index (χ4v) is 4.25. The molecule has 0 heterocycles.